The quantitative estimate of drug-likeness (QED) is 0.0107. The molecular weight excluding hydrogens is 1280 g/mol. The van der Waals surface area contributed by atoms with Crippen LogP contribution in [-0.2, 0) is 72.0 Å². The highest BCUT2D eigenvalue weighted by Crippen LogP contribution is 2.24. The maximum absolute atomic E-state index is 17.5. The number of rotatable bonds is 35. The first-order chi connectivity index (χ1) is 46.6. The molecule has 9 atom stereocenters. The summed E-state index contributed by atoms with van der Waals surface area (Å²) in [6.07, 6.45) is -0.109. The van der Waals surface area contributed by atoms with Gasteiger partial charge in [0.05, 0.1) is 13.2 Å². The van der Waals surface area contributed by atoms with Gasteiger partial charge in [-0.15, -0.1) is 0 Å². The maximum Gasteiger partial charge on any atom is 0.273 e. The molecule has 0 bridgehead atoms. The molecule has 19 N–H and O–H groups in total. The minimum atomic E-state index is -2.15. The number of aromatic hydroxyl groups is 1. The lowest BCUT2D eigenvalue weighted by atomic mass is 9.99. The number of aliphatic imine (C=N–C) groups is 2. The van der Waals surface area contributed by atoms with Gasteiger partial charge in [0.25, 0.3) is 5.91 Å². The fourth-order valence-electron chi connectivity index (χ4n) is 11.6. The molecule has 0 aliphatic carbocycles. The first-order valence-corrected chi connectivity index (χ1v) is 32.3. The molecule has 98 heavy (non-hydrogen) atoms. The van der Waals surface area contributed by atoms with Gasteiger partial charge in [0.1, 0.15) is 65.9 Å². The van der Waals surface area contributed by atoms with Gasteiger partial charge in [-0.2, -0.15) is 5.12 Å². The highest BCUT2D eigenvalue weighted by atomic mass is 19.2. The summed E-state index contributed by atoms with van der Waals surface area (Å²) < 4.78 is 31.7. The number of amides is 11. The average molecular weight is 1370 g/mol. The van der Waals surface area contributed by atoms with Gasteiger partial charge in [-0.1, -0.05) is 85.1 Å². The molecule has 30 nitrogen and oxygen atoms in total. The van der Waals surface area contributed by atoms with E-state index in [0.717, 1.165) is 17.5 Å². The third kappa shape index (κ3) is 23.1. The number of guanidine groups is 2. The molecular formula is C66H89F2N17O13. The monoisotopic (exact) mass is 1370 g/mol. The Morgan fingerprint density at radius 2 is 1.08 bits per heavy atom. The largest absolute Gasteiger partial charge is 0.508 e. The van der Waals surface area contributed by atoms with Crippen LogP contribution in [0.4, 0.5) is 8.87 Å². The molecule has 2 fully saturated rings. The van der Waals surface area contributed by atoms with E-state index in [1.807, 2.05) is 6.07 Å². The van der Waals surface area contributed by atoms with Crippen molar-refractivity contribution in [3.05, 3.63) is 114 Å². The van der Waals surface area contributed by atoms with Crippen LogP contribution in [0.1, 0.15) is 95.2 Å². The van der Waals surface area contributed by atoms with Crippen molar-refractivity contribution in [2.45, 2.75) is 152 Å². The van der Waals surface area contributed by atoms with Crippen molar-refractivity contribution in [1.29, 1.82) is 0 Å². The summed E-state index contributed by atoms with van der Waals surface area (Å²) in [6.45, 7) is 3.47. The van der Waals surface area contributed by atoms with Gasteiger partial charge in [-0.05, 0) is 115 Å². The van der Waals surface area contributed by atoms with Crippen molar-refractivity contribution in [2.24, 2.45) is 44.6 Å². The van der Waals surface area contributed by atoms with E-state index in [4.69, 9.17) is 28.7 Å². The van der Waals surface area contributed by atoms with Gasteiger partial charge < -0.3 is 85.9 Å². The summed E-state index contributed by atoms with van der Waals surface area (Å²) in [6, 6.07) is 8.38. The van der Waals surface area contributed by atoms with Gasteiger partial charge in [0, 0.05) is 52.4 Å². The fourth-order valence-corrected chi connectivity index (χ4v) is 11.6. The van der Waals surface area contributed by atoms with Crippen LogP contribution in [0.2, 0.25) is 0 Å². The van der Waals surface area contributed by atoms with E-state index in [9.17, 15) is 67.3 Å². The van der Waals surface area contributed by atoms with Crippen molar-refractivity contribution in [3.63, 3.8) is 0 Å². The van der Waals surface area contributed by atoms with Crippen molar-refractivity contribution in [1.82, 2.24) is 52.1 Å². The third-order valence-electron chi connectivity index (χ3n) is 16.5. The zero-order valence-corrected chi connectivity index (χ0v) is 54.9. The normalized spacial score (nSPS) is 16.4. The Morgan fingerprint density at radius 1 is 0.582 bits per heavy atom. The molecule has 4 aromatic rings. The van der Waals surface area contributed by atoms with E-state index in [2.05, 4.69) is 47.2 Å². The molecule has 0 saturated carbocycles. The molecule has 4 aromatic carbocycles. The zero-order valence-electron chi connectivity index (χ0n) is 54.9. The number of carbonyl (C=O) groups is 11. The second-order valence-corrected chi connectivity index (χ2v) is 24.6. The van der Waals surface area contributed by atoms with Crippen LogP contribution in [0.15, 0.2) is 101 Å². The van der Waals surface area contributed by atoms with Crippen molar-refractivity contribution >= 4 is 87.7 Å². The highest BCUT2D eigenvalue weighted by molar-refractivity contribution is 5.99. The molecule has 6 rings (SSSR count). The number of carbonyl (C=O) groups excluding carboxylic acids is 11. The van der Waals surface area contributed by atoms with E-state index in [1.54, 1.807) is 50.2 Å². The number of hydrogen-bond donors (Lipinski definition) is 14. The number of aliphatic hydroxyl groups is 1. The Bertz CT molecular complexity index is 3540. The van der Waals surface area contributed by atoms with E-state index in [-0.39, 0.29) is 107 Å². The SMILES string of the molecule is CC(=O)N1CCC[C@H]1C(=O)N[C@H](Cc1ccc(F)cc1)C(=O)N(F)[C@H](Cc1ccc2ccccc2c1)C(=O)N[C@@H](CO)C(=O)N[C@@H](Cc1ccc(O)cc1)C(=O)N[C@H](CCCN=C(N)N)C(=O)N[C@@H](CC(C)C)C(=O)N[C@@H](CCCN=C(N)N)C(=O)N1CCC[C@H]1C(=O)NCC(N)=O. The van der Waals surface area contributed by atoms with E-state index in [0.29, 0.717) is 29.4 Å². The van der Waals surface area contributed by atoms with E-state index in [1.165, 1.54) is 53.1 Å². The van der Waals surface area contributed by atoms with Gasteiger partial charge in [0.15, 0.2) is 11.9 Å². The summed E-state index contributed by atoms with van der Waals surface area (Å²) in [5.74, 6) is -11.7. The highest BCUT2D eigenvalue weighted by Gasteiger charge is 2.42. The third-order valence-corrected chi connectivity index (χ3v) is 16.5. The Labute approximate surface area is 565 Å². The second-order valence-electron chi connectivity index (χ2n) is 24.6. The molecule has 530 valence electrons. The minimum absolute atomic E-state index is 0.0249. The summed E-state index contributed by atoms with van der Waals surface area (Å²) >= 11 is 0. The van der Waals surface area contributed by atoms with Crippen LogP contribution < -0.4 is 65.9 Å². The lowest BCUT2D eigenvalue weighted by Gasteiger charge is -2.31. The van der Waals surface area contributed by atoms with Gasteiger partial charge in [-0.3, -0.25) is 62.7 Å². The average Bonchev–Trinajstić information content (AvgIpc) is 1.31. The molecule has 2 heterocycles. The van der Waals surface area contributed by atoms with Crippen molar-refractivity contribution in [2.75, 3.05) is 39.3 Å². The molecule has 11 amide bonds. The summed E-state index contributed by atoms with van der Waals surface area (Å²) in [5, 5.41) is 39.9. The Kier molecular flexibility index (Phi) is 29.0. The van der Waals surface area contributed by atoms with Crippen LogP contribution in [0.3, 0.4) is 0 Å². The van der Waals surface area contributed by atoms with Crippen LogP contribution >= 0.6 is 0 Å². The summed E-state index contributed by atoms with van der Waals surface area (Å²) in [4.78, 5) is 164. The van der Waals surface area contributed by atoms with Crippen LogP contribution in [0, 0.1) is 11.7 Å². The number of nitrogens with one attached hydrogen (secondary N) is 7. The molecule has 0 aromatic heterocycles. The smallest absolute Gasteiger partial charge is 0.273 e. The minimum Gasteiger partial charge on any atom is -0.508 e. The summed E-state index contributed by atoms with van der Waals surface area (Å²) in [7, 11) is 0. The van der Waals surface area contributed by atoms with Crippen LogP contribution in [0.25, 0.3) is 10.8 Å². The lowest BCUT2D eigenvalue weighted by Crippen LogP contribution is -2.61. The van der Waals surface area contributed by atoms with Crippen molar-refractivity contribution < 1.29 is 71.8 Å². The van der Waals surface area contributed by atoms with Gasteiger partial charge >= 0.3 is 0 Å². The van der Waals surface area contributed by atoms with E-state index < -0.39 is 156 Å². The van der Waals surface area contributed by atoms with Gasteiger partial charge in [0.2, 0.25) is 59.1 Å². The fraction of sp³-hybridized carbons (Fsp3) is 0.470. The number of primary amides is 1. The number of phenols is 1. The summed E-state index contributed by atoms with van der Waals surface area (Å²) in [5.41, 5.74) is 28.4. The first kappa shape index (κ1) is 76.5. The number of nitrogens with zero attached hydrogens (tertiary/aromatic N) is 5. The number of hydrogen-bond acceptors (Lipinski definition) is 15. The number of benzene rings is 4. The maximum atomic E-state index is 17.5. The zero-order chi connectivity index (χ0) is 71.8. The Balaban J connectivity index is 1.29. The number of halogens is 2. The molecule has 2 saturated heterocycles. The van der Waals surface area contributed by atoms with Crippen LogP contribution in [-0.4, -0.2) is 196 Å². The number of aliphatic hydroxyl groups excluding tert-OH is 1. The predicted molar refractivity (Wildman–Crippen MR) is 357 cm³/mol. The number of phenolic OH excluding ortho intramolecular Hbond substituents is 1. The molecule has 0 spiro atoms. The molecule has 0 unspecified atom stereocenters. The number of fused-ring (bicyclic) bond motifs is 1. The van der Waals surface area contributed by atoms with Gasteiger partial charge in [-0.25, -0.2) is 4.39 Å². The number of nitrogens with two attached hydrogens (primary N) is 5. The second kappa shape index (κ2) is 37.1. The Morgan fingerprint density at radius 3 is 1.67 bits per heavy atom. The Hall–Kier alpha value is -10.5. The van der Waals surface area contributed by atoms with Crippen LogP contribution in [0.5, 0.6) is 5.75 Å². The molecule has 32 heteroatoms. The molecule has 2 aliphatic rings. The molecule has 2 aliphatic heterocycles. The van der Waals surface area contributed by atoms with Crippen molar-refractivity contribution in [3.8, 4) is 5.75 Å². The number of likely N-dealkylation sites (tertiary alicyclic amines) is 2. The standard InChI is InChI=1S/C66H89F2N17O13/c1-37(2)30-48(57(91)78-47(13-7-27-75-66(72)73)63(97)84-29-9-14-52(84)60(94)76-35-55(69)89)79-56(90)46(12-6-26-74-65(70)71)77-58(92)49(32-40-19-24-45(88)25-20-40)80-59(93)51(36-86)82-62(96)54(34-41-16-21-42-10-4-5-11-43(42)31-41)85(68)64(98)50(33-39-17-22-44(67)23-18-39)81-61(95)53-15-8-28-83(53)38(3)87/h4-5,10-11,16-25,31,37,46-54,86,88H,6-9,12-15,26-30,32-36H2,1-3H3,(H2,69,89)(H,76,94)(H,77,92)(H,78,91)(H,79,90)(H,80,93)(H,81,95)(H,82,96)(H4,70,71,74)(H4,72,73,75)/t46-,47+,48+,49+,50-,51+,52+,53+,54-/m1/s1. The first-order valence-electron chi connectivity index (χ1n) is 32.3. The molecule has 0 radical (unpaired) electrons. The van der Waals surface area contributed by atoms with E-state index >= 15 is 4.48 Å². The topological polar surface area (TPSA) is 477 Å². The predicted octanol–water partition coefficient (Wildman–Crippen LogP) is -1.55. The lowest BCUT2D eigenvalue weighted by molar-refractivity contribution is -0.161.